The number of nitrogens with one attached hydrogen (secondary N) is 1. The topological polar surface area (TPSA) is 190 Å². The number of benzene rings is 1. The predicted octanol–water partition coefficient (Wildman–Crippen LogP) is 5.01. The highest BCUT2D eigenvalue weighted by atomic mass is 19.4. The van der Waals surface area contributed by atoms with Gasteiger partial charge in [0.2, 0.25) is 5.91 Å². The van der Waals surface area contributed by atoms with E-state index in [0.29, 0.717) is 59.1 Å². The molecule has 3 aliphatic heterocycles. The number of aromatic nitrogens is 6. The van der Waals surface area contributed by atoms with Gasteiger partial charge in [-0.2, -0.15) is 41.8 Å². The molecule has 290 valence electrons. The number of likely N-dealkylation sites (N-methyl/N-ethyl adjacent to an activating group) is 1. The van der Waals surface area contributed by atoms with Crippen LogP contribution in [-0.2, 0) is 15.8 Å². The van der Waals surface area contributed by atoms with Crippen LogP contribution in [0.15, 0.2) is 41.9 Å². The molecule has 56 heavy (non-hydrogen) atoms. The van der Waals surface area contributed by atoms with Gasteiger partial charge in [-0.15, -0.1) is 0 Å². The van der Waals surface area contributed by atoms with Crippen LogP contribution in [0.1, 0.15) is 43.0 Å². The lowest BCUT2D eigenvalue weighted by atomic mass is 10.0. The summed E-state index contributed by atoms with van der Waals surface area (Å²) in [6.45, 7) is 3.91. The minimum absolute atomic E-state index is 0.0261. The number of alkyl halides is 6. The highest BCUT2D eigenvalue weighted by molar-refractivity contribution is 6.23. The van der Waals surface area contributed by atoms with Gasteiger partial charge in [0.1, 0.15) is 41.2 Å². The third kappa shape index (κ3) is 6.79. The summed E-state index contributed by atoms with van der Waals surface area (Å²) < 4.78 is 87.6. The van der Waals surface area contributed by atoms with Crippen molar-refractivity contribution in [3.8, 4) is 34.6 Å². The van der Waals surface area contributed by atoms with Gasteiger partial charge in [0.05, 0.1) is 36.3 Å². The number of hydrogen-bond donors (Lipinski definition) is 1. The Morgan fingerprint density at radius 1 is 1.00 bits per heavy atom. The number of carbonyl (C=O) groups excluding carboxylic acids is 3. The first-order valence-corrected chi connectivity index (χ1v) is 17.0. The largest absolute Gasteiger partial charge is 0.492 e. The van der Waals surface area contributed by atoms with Crippen molar-refractivity contribution in [1.29, 1.82) is 5.26 Å². The number of anilines is 3. The Balaban J connectivity index is 1.06. The second-order valence-electron chi connectivity index (χ2n) is 12.7. The number of hydrazone groups is 1. The van der Waals surface area contributed by atoms with E-state index in [0.717, 1.165) is 6.07 Å². The molecule has 1 N–H and O–H groups in total. The number of unbranched alkanes of at least 4 members (excludes halogenated alkanes) is 1. The van der Waals surface area contributed by atoms with Gasteiger partial charge in [-0.05, 0) is 44.9 Å². The molecule has 22 heteroatoms. The molecule has 0 saturated carbocycles. The number of pyridine rings is 1. The van der Waals surface area contributed by atoms with E-state index in [9.17, 15) is 46.0 Å². The van der Waals surface area contributed by atoms with Crippen molar-refractivity contribution in [2.45, 2.75) is 51.5 Å². The van der Waals surface area contributed by atoms with Crippen LogP contribution in [-0.4, -0.2) is 97.2 Å². The molecular formula is C34H28F6N12O4. The number of hydrogen-bond acceptors (Lipinski definition) is 12. The monoisotopic (exact) mass is 782 g/mol. The Labute approximate surface area is 312 Å². The minimum Gasteiger partial charge on any atom is -0.492 e. The molecule has 1 saturated heterocycles. The second kappa shape index (κ2) is 14.2. The lowest BCUT2D eigenvalue weighted by Crippen LogP contribution is -2.47. The number of imide groups is 1. The smallest absolute Gasteiger partial charge is 0.431 e. The summed E-state index contributed by atoms with van der Waals surface area (Å²) in [5.41, 5.74) is -2.14. The average molecular weight is 783 g/mol. The number of ether oxygens (including phenoxy) is 1. The lowest BCUT2D eigenvalue weighted by Gasteiger charge is -2.35. The number of halogens is 6. The summed E-state index contributed by atoms with van der Waals surface area (Å²) in [4.78, 5) is 60.8. The van der Waals surface area contributed by atoms with E-state index in [2.05, 4.69) is 30.3 Å². The number of fused-ring (bicyclic) bond motifs is 2. The van der Waals surface area contributed by atoms with Crippen LogP contribution in [0, 0.1) is 18.3 Å². The molecule has 0 aliphatic carbocycles. The third-order valence-corrected chi connectivity index (χ3v) is 9.21. The van der Waals surface area contributed by atoms with Gasteiger partial charge in [-0.25, -0.2) is 34.6 Å². The molecule has 7 rings (SSSR count). The number of H-pyrrole nitrogens is 1. The maximum absolute atomic E-state index is 14.1. The van der Waals surface area contributed by atoms with Crippen molar-refractivity contribution in [2.75, 3.05) is 40.9 Å². The van der Waals surface area contributed by atoms with E-state index < -0.39 is 65.0 Å². The normalized spacial score (nSPS) is 17.0. The Morgan fingerprint density at radius 3 is 2.43 bits per heavy atom. The fourth-order valence-electron chi connectivity index (χ4n) is 6.55. The van der Waals surface area contributed by atoms with E-state index in [1.165, 1.54) is 17.3 Å². The van der Waals surface area contributed by atoms with Crippen molar-refractivity contribution < 1.29 is 45.5 Å². The number of nitriles is 1. The van der Waals surface area contributed by atoms with Crippen molar-refractivity contribution in [1.82, 2.24) is 35.1 Å². The SMILES string of the molecule is CCN1C(=O)CN(CCCCOc2cc(N3C(=O)C4CC(C(F)(F)F)=NN4C3=O)cc(C(F)(F)F)c2C#N)c2ncc(-c3ccc(-c4nc[nH]n4)nc3C)nc21. The van der Waals surface area contributed by atoms with Crippen LogP contribution in [0.25, 0.3) is 22.8 Å². The quantitative estimate of drug-likeness (QED) is 0.129. The summed E-state index contributed by atoms with van der Waals surface area (Å²) in [7, 11) is 0. The predicted molar refractivity (Wildman–Crippen MR) is 183 cm³/mol. The van der Waals surface area contributed by atoms with Crippen LogP contribution in [0.5, 0.6) is 5.75 Å². The Hall–Kier alpha value is -6.66. The summed E-state index contributed by atoms with van der Waals surface area (Å²) in [6, 6.07) is 3.19. The van der Waals surface area contributed by atoms with E-state index in [1.807, 2.05) is 0 Å². The van der Waals surface area contributed by atoms with E-state index in [4.69, 9.17) is 9.72 Å². The number of aryl methyl sites for hydroxylation is 1. The molecule has 16 nitrogen and oxygen atoms in total. The van der Waals surface area contributed by atoms with Gasteiger partial charge in [-0.1, -0.05) is 0 Å². The number of nitrogens with zero attached hydrogens (tertiary/aromatic N) is 11. The third-order valence-electron chi connectivity index (χ3n) is 9.21. The molecule has 3 aliphatic rings. The number of urea groups is 1. The zero-order valence-corrected chi connectivity index (χ0v) is 29.3. The molecule has 1 unspecified atom stereocenters. The molecule has 0 radical (unpaired) electrons. The zero-order valence-electron chi connectivity index (χ0n) is 29.3. The summed E-state index contributed by atoms with van der Waals surface area (Å²) >= 11 is 0. The van der Waals surface area contributed by atoms with Crippen LogP contribution >= 0.6 is 0 Å². The maximum atomic E-state index is 14.1. The highest BCUT2D eigenvalue weighted by Crippen LogP contribution is 2.42. The number of rotatable bonds is 10. The standard InChI is InChI=1S/C34H28F6N12O4/c1-3-50-27(53)15-49(29-30(50)46-23(14-42-29)19-6-7-22(45-17(19)2)28-43-16-44-47-28)8-4-5-9-56-25-11-18(10-21(20(25)13-41)33(35,36)37)51-31(54)24-12-26(34(38,39)40)48-52(24)32(51)55/h6-7,10-11,14,16,24H,3-5,8-9,12,15H2,1-2H3,(H,43,44,47). The number of carbonyl (C=O) groups is 3. The van der Waals surface area contributed by atoms with Crippen molar-refractivity contribution in [3.05, 3.63) is 53.6 Å². The van der Waals surface area contributed by atoms with Gasteiger partial charge in [0.25, 0.3) is 5.91 Å². The Morgan fingerprint density at radius 2 is 1.79 bits per heavy atom. The summed E-state index contributed by atoms with van der Waals surface area (Å²) in [5, 5.41) is 19.8. The Bertz CT molecular complexity index is 2310. The fourth-order valence-corrected chi connectivity index (χ4v) is 6.55. The zero-order chi connectivity index (χ0) is 40.1. The van der Waals surface area contributed by atoms with Gasteiger partial charge in [0, 0.05) is 36.8 Å². The molecule has 4 aromatic rings. The highest BCUT2D eigenvalue weighted by Gasteiger charge is 2.55. The van der Waals surface area contributed by atoms with Crippen molar-refractivity contribution >= 4 is 40.9 Å². The maximum Gasteiger partial charge on any atom is 0.431 e. The molecule has 3 aromatic heterocycles. The van der Waals surface area contributed by atoms with Crippen molar-refractivity contribution in [2.24, 2.45) is 5.10 Å². The first kappa shape index (κ1) is 37.6. The minimum atomic E-state index is -5.14. The van der Waals surface area contributed by atoms with Crippen molar-refractivity contribution in [3.63, 3.8) is 0 Å². The first-order valence-electron chi connectivity index (χ1n) is 17.0. The van der Waals surface area contributed by atoms with Crippen LogP contribution < -0.4 is 19.4 Å². The average Bonchev–Trinajstić information content (AvgIpc) is 3.90. The molecular weight excluding hydrogens is 754 g/mol. The van der Waals surface area contributed by atoms with E-state index in [-0.39, 0.29) is 41.9 Å². The molecule has 1 aromatic carbocycles. The summed E-state index contributed by atoms with van der Waals surface area (Å²) in [6.07, 6.45) is -7.49. The van der Waals surface area contributed by atoms with E-state index in [1.54, 1.807) is 37.1 Å². The van der Waals surface area contributed by atoms with Gasteiger partial charge >= 0.3 is 18.4 Å². The van der Waals surface area contributed by atoms with Gasteiger partial charge in [-0.3, -0.25) is 19.6 Å². The summed E-state index contributed by atoms with van der Waals surface area (Å²) in [5.74, 6) is -0.873. The van der Waals surface area contributed by atoms with Gasteiger partial charge in [0.15, 0.2) is 17.5 Å². The van der Waals surface area contributed by atoms with Crippen LogP contribution in [0.3, 0.4) is 0 Å². The van der Waals surface area contributed by atoms with Crippen LogP contribution in [0.4, 0.5) is 48.5 Å². The molecule has 0 spiro atoms. The first-order chi connectivity index (χ1) is 26.6. The van der Waals surface area contributed by atoms with E-state index >= 15 is 0 Å². The lowest BCUT2D eigenvalue weighted by molar-refractivity contribution is -0.138. The second-order valence-corrected chi connectivity index (χ2v) is 12.7. The van der Waals surface area contributed by atoms with Crippen LogP contribution in [0.2, 0.25) is 0 Å². The Kier molecular flexibility index (Phi) is 9.55. The number of amides is 4. The molecule has 6 heterocycles. The fraction of sp³-hybridized carbons (Fsp3) is 0.353. The molecule has 1 fully saturated rings. The molecule has 4 amide bonds. The molecule has 1 atom stereocenters. The molecule has 0 bridgehead atoms. The van der Waals surface area contributed by atoms with Gasteiger partial charge < -0.3 is 9.64 Å². The number of aromatic amines is 1.